The van der Waals surface area contributed by atoms with E-state index in [1.165, 1.54) is 0 Å². The van der Waals surface area contributed by atoms with Gasteiger partial charge in [0.15, 0.2) is 28.8 Å². The molecule has 0 saturated carbocycles. The molecule has 4 heterocycles. The number of hydrogen-bond donors (Lipinski definition) is 1. The summed E-state index contributed by atoms with van der Waals surface area (Å²) in [7, 11) is 1.60. The van der Waals surface area contributed by atoms with Crippen LogP contribution in [-0.4, -0.2) is 49.2 Å². The molecule has 0 spiro atoms. The maximum Gasteiger partial charge on any atom is 0.226 e. The van der Waals surface area contributed by atoms with E-state index >= 15 is 0 Å². The fraction of sp³-hybridized carbons (Fsp3) is 0.286. The normalized spacial score (nSPS) is 15.6. The lowest BCUT2D eigenvalue weighted by Crippen LogP contribution is -2.25. The molecule has 0 aliphatic carbocycles. The zero-order valence-electron chi connectivity index (χ0n) is 17.4. The molecule has 1 amide bonds. The van der Waals surface area contributed by atoms with Crippen LogP contribution in [0.2, 0.25) is 0 Å². The van der Waals surface area contributed by atoms with Gasteiger partial charge in [0.05, 0.1) is 19.9 Å². The van der Waals surface area contributed by atoms with Crippen molar-refractivity contribution in [1.29, 1.82) is 0 Å². The molecule has 158 valence electrons. The number of para-hydroxylation sites is 1. The molecule has 10 nitrogen and oxygen atoms in total. The molecule has 5 rings (SSSR count). The fourth-order valence-corrected chi connectivity index (χ4v) is 3.94. The van der Waals surface area contributed by atoms with E-state index in [9.17, 15) is 4.79 Å². The lowest BCUT2D eigenvalue weighted by molar-refractivity contribution is -0.116. The summed E-state index contributed by atoms with van der Waals surface area (Å²) in [6.45, 7) is 4.23. The van der Waals surface area contributed by atoms with Crippen molar-refractivity contribution in [3.05, 3.63) is 53.5 Å². The van der Waals surface area contributed by atoms with Gasteiger partial charge in [0.2, 0.25) is 5.91 Å². The highest BCUT2D eigenvalue weighted by Crippen LogP contribution is 2.44. The summed E-state index contributed by atoms with van der Waals surface area (Å²) in [4.78, 5) is 12.7. The summed E-state index contributed by atoms with van der Waals surface area (Å²) in [6, 6.07) is 9.32. The molecule has 3 aromatic heterocycles. The minimum absolute atomic E-state index is 0.105. The molecule has 0 bridgehead atoms. The van der Waals surface area contributed by atoms with Gasteiger partial charge in [-0.3, -0.25) is 4.79 Å². The van der Waals surface area contributed by atoms with Crippen molar-refractivity contribution < 1.29 is 14.3 Å². The number of ether oxygens (including phenoxy) is 2. The van der Waals surface area contributed by atoms with Crippen molar-refractivity contribution in [3.8, 4) is 17.3 Å². The minimum atomic E-state index is -0.227. The minimum Gasteiger partial charge on any atom is -0.493 e. The number of rotatable bonds is 5. The Kier molecular flexibility index (Phi) is 4.54. The number of benzene rings is 1. The Bertz CT molecular complexity index is 1290. The van der Waals surface area contributed by atoms with Gasteiger partial charge in [-0.15, -0.1) is 15.3 Å². The van der Waals surface area contributed by atoms with E-state index in [4.69, 9.17) is 9.47 Å². The smallest absolute Gasteiger partial charge is 0.226 e. The van der Waals surface area contributed by atoms with Gasteiger partial charge in [-0.25, -0.2) is 0 Å². The maximum absolute atomic E-state index is 12.7. The van der Waals surface area contributed by atoms with E-state index in [0.29, 0.717) is 41.2 Å². The number of amides is 1. The van der Waals surface area contributed by atoms with Crippen LogP contribution in [0.1, 0.15) is 36.2 Å². The molecule has 1 aliphatic rings. The van der Waals surface area contributed by atoms with Crippen molar-refractivity contribution in [3.63, 3.8) is 0 Å². The Labute approximate surface area is 177 Å². The topological polar surface area (TPSA) is 108 Å². The predicted molar refractivity (Wildman–Crippen MR) is 112 cm³/mol. The highest BCUT2D eigenvalue weighted by atomic mass is 16.5. The Hall–Kier alpha value is -3.95. The second-order valence-corrected chi connectivity index (χ2v) is 7.19. The maximum atomic E-state index is 12.7. The molecule has 0 unspecified atom stereocenters. The summed E-state index contributed by atoms with van der Waals surface area (Å²) >= 11 is 0. The van der Waals surface area contributed by atoms with Crippen LogP contribution in [0.3, 0.4) is 0 Å². The van der Waals surface area contributed by atoms with Crippen molar-refractivity contribution in [2.75, 3.05) is 19.0 Å². The lowest BCUT2D eigenvalue weighted by Gasteiger charge is -2.26. The third kappa shape index (κ3) is 3.07. The standard InChI is InChI=1S/C21H21N7O3/c1-4-31-20-13(6-5-7-16(20)30-3)14-10-19(29)23-21-15(14)11-22-28(21)18-9-8-17-25-24-12(2)27(17)26-18/h5-9,11,14H,4,10H2,1-3H3,(H,23,29)/t14-/m1/s1. The molecule has 4 aromatic rings. The van der Waals surface area contributed by atoms with Crippen LogP contribution in [0, 0.1) is 6.92 Å². The number of anilines is 1. The molecule has 31 heavy (non-hydrogen) atoms. The van der Waals surface area contributed by atoms with Gasteiger partial charge in [0.25, 0.3) is 0 Å². The Morgan fingerprint density at radius 3 is 2.87 bits per heavy atom. The first-order valence-electron chi connectivity index (χ1n) is 9.97. The zero-order chi connectivity index (χ0) is 21.5. The number of nitrogens with zero attached hydrogens (tertiary/aromatic N) is 6. The summed E-state index contributed by atoms with van der Waals surface area (Å²) < 4.78 is 14.6. The predicted octanol–water partition coefficient (Wildman–Crippen LogP) is 2.50. The molecular weight excluding hydrogens is 398 g/mol. The fourth-order valence-electron chi connectivity index (χ4n) is 3.94. The largest absolute Gasteiger partial charge is 0.493 e. The third-order valence-corrected chi connectivity index (χ3v) is 5.34. The van der Waals surface area contributed by atoms with E-state index < -0.39 is 0 Å². The van der Waals surface area contributed by atoms with E-state index in [-0.39, 0.29) is 18.2 Å². The third-order valence-electron chi connectivity index (χ3n) is 5.34. The monoisotopic (exact) mass is 419 g/mol. The molecule has 1 atom stereocenters. The molecular formula is C21H21N7O3. The SMILES string of the molecule is CCOc1c(OC)cccc1[C@H]1CC(=O)Nc2c1cnn2-c1ccc2nnc(C)n2n1. The van der Waals surface area contributed by atoms with Gasteiger partial charge in [-0.2, -0.15) is 14.3 Å². The van der Waals surface area contributed by atoms with E-state index in [1.807, 2.05) is 38.1 Å². The first-order chi connectivity index (χ1) is 15.1. The van der Waals surface area contributed by atoms with Crippen molar-refractivity contribution in [2.24, 2.45) is 0 Å². The number of carbonyl (C=O) groups excluding carboxylic acids is 1. The van der Waals surface area contributed by atoms with Crippen LogP contribution < -0.4 is 14.8 Å². The molecule has 0 fully saturated rings. The number of fused-ring (bicyclic) bond motifs is 2. The summed E-state index contributed by atoms with van der Waals surface area (Å²) in [5.41, 5.74) is 2.41. The molecule has 10 heteroatoms. The van der Waals surface area contributed by atoms with Crippen molar-refractivity contribution >= 4 is 17.4 Å². The van der Waals surface area contributed by atoms with Crippen LogP contribution in [0.4, 0.5) is 5.82 Å². The number of aryl methyl sites for hydroxylation is 1. The highest BCUT2D eigenvalue weighted by Gasteiger charge is 2.33. The Morgan fingerprint density at radius 2 is 2.06 bits per heavy atom. The van der Waals surface area contributed by atoms with Crippen LogP contribution in [0.5, 0.6) is 11.5 Å². The van der Waals surface area contributed by atoms with Crippen LogP contribution in [-0.2, 0) is 4.79 Å². The molecule has 1 aromatic carbocycles. The molecule has 0 radical (unpaired) electrons. The number of nitrogens with one attached hydrogen (secondary N) is 1. The van der Waals surface area contributed by atoms with Crippen LogP contribution in [0.15, 0.2) is 36.5 Å². The summed E-state index contributed by atoms with van der Waals surface area (Å²) in [5, 5.41) is 20.2. The van der Waals surface area contributed by atoms with Gasteiger partial charge in [0, 0.05) is 23.5 Å². The number of hydrogen-bond acceptors (Lipinski definition) is 7. The second kappa shape index (κ2) is 7.38. The second-order valence-electron chi connectivity index (χ2n) is 7.19. The Balaban J connectivity index is 1.64. The highest BCUT2D eigenvalue weighted by molar-refractivity contribution is 5.94. The van der Waals surface area contributed by atoms with E-state index in [1.54, 1.807) is 28.6 Å². The van der Waals surface area contributed by atoms with Gasteiger partial charge in [-0.05, 0) is 32.0 Å². The van der Waals surface area contributed by atoms with Gasteiger partial charge in [-0.1, -0.05) is 12.1 Å². The lowest BCUT2D eigenvalue weighted by atomic mass is 9.86. The Morgan fingerprint density at radius 1 is 1.19 bits per heavy atom. The quantitative estimate of drug-likeness (QED) is 0.529. The average Bonchev–Trinajstić information content (AvgIpc) is 3.37. The van der Waals surface area contributed by atoms with Gasteiger partial charge < -0.3 is 14.8 Å². The van der Waals surface area contributed by atoms with Crippen molar-refractivity contribution in [1.82, 2.24) is 29.6 Å². The number of aromatic nitrogens is 6. The van der Waals surface area contributed by atoms with Gasteiger partial charge in [0.1, 0.15) is 5.82 Å². The summed E-state index contributed by atoms with van der Waals surface area (Å²) in [5.74, 6) is 2.75. The zero-order valence-corrected chi connectivity index (χ0v) is 17.4. The molecule has 0 saturated heterocycles. The average molecular weight is 419 g/mol. The van der Waals surface area contributed by atoms with Crippen molar-refractivity contribution in [2.45, 2.75) is 26.2 Å². The molecule has 1 aliphatic heterocycles. The van der Waals surface area contributed by atoms with E-state index in [2.05, 4.69) is 25.7 Å². The molecule has 1 N–H and O–H groups in total. The first-order valence-corrected chi connectivity index (χ1v) is 9.97. The van der Waals surface area contributed by atoms with Crippen LogP contribution in [0.25, 0.3) is 11.5 Å². The number of methoxy groups -OCH3 is 1. The summed E-state index contributed by atoms with van der Waals surface area (Å²) in [6.07, 6.45) is 2.04. The van der Waals surface area contributed by atoms with E-state index in [0.717, 1.165) is 11.1 Å². The first kappa shape index (κ1) is 19.0. The number of carbonyl (C=O) groups is 1. The van der Waals surface area contributed by atoms with Gasteiger partial charge >= 0.3 is 0 Å². The van der Waals surface area contributed by atoms with Crippen LogP contribution >= 0.6 is 0 Å².